The Bertz CT molecular complexity index is 1590. The van der Waals surface area contributed by atoms with Crippen molar-refractivity contribution in [1.82, 2.24) is 0 Å². The molecule has 0 saturated heterocycles. The Morgan fingerprint density at radius 3 is 0.812 bits per heavy atom. The van der Waals surface area contributed by atoms with E-state index in [-0.39, 0.29) is 25.2 Å². The zero-order valence-electron chi connectivity index (χ0n) is 52.6. The molecule has 5 nitrogen and oxygen atoms in total. The number of allylic oxidation sites excluding steroid dienone is 20. The number of carbonyl (C=O) groups is 2. The monoisotopic (exact) mass is 1110 g/mol. The third-order valence-electron chi connectivity index (χ3n) is 14.8. The normalized spacial score (nSPS) is 13.0. The van der Waals surface area contributed by atoms with Gasteiger partial charge in [0.15, 0.2) is 6.10 Å². The molecule has 0 amide bonds. The molecule has 0 aromatic carbocycles. The predicted octanol–water partition coefficient (Wildman–Crippen LogP) is 23.8. The van der Waals surface area contributed by atoms with Crippen LogP contribution in [0.15, 0.2) is 122 Å². The van der Waals surface area contributed by atoms with E-state index in [4.69, 9.17) is 9.47 Å². The maximum Gasteiger partial charge on any atom is 0.306 e. The van der Waals surface area contributed by atoms with Crippen LogP contribution in [-0.4, -0.2) is 36.4 Å². The van der Waals surface area contributed by atoms with Crippen molar-refractivity contribution in [3.05, 3.63) is 122 Å². The van der Waals surface area contributed by atoms with E-state index in [1.54, 1.807) is 0 Å². The Labute approximate surface area is 496 Å². The molecule has 0 fully saturated rings. The first kappa shape index (κ1) is 76.3. The average Bonchev–Trinajstić information content (AvgIpc) is 3.46. The zero-order chi connectivity index (χ0) is 57.6. The van der Waals surface area contributed by atoms with Crippen LogP contribution in [0.5, 0.6) is 0 Å². The van der Waals surface area contributed by atoms with Crippen LogP contribution in [0.4, 0.5) is 0 Å². The van der Waals surface area contributed by atoms with Crippen molar-refractivity contribution in [2.24, 2.45) is 0 Å². The van der Waals surface area contributed by atoms with Crippen molar-refractivity contribution in [2.75, 3.05) is 13.2 Å². The van der Waals surface area contributed by atoms with Gasteiger partial charge in [-0.3, -0.25) is 9.59 Å². The number of hydrogen-bond donors (Lipinski definition) is 1. The first-order chi connectivity index (χ1) is 39.6. The fourth-order valence-corrected chi connectivity index (χ4v) is 9.70. The van der Waals surface area contributed by atoms with Crippen molar-refractivity contribution in [2.45, 2.75) is 328 Å². The van der Waals surface area contributed by atoms with Gasteiger partial charge < -0.3 is 14.6 Å². The Balaban J connectivity index is 3.54. The Hall–Kier alpha value is -3.70. The number of carbonyl (C=O) groups excluding carboxylic acids is 2. The minimum atomic E-state index is -0.788. The topological polar surface area (TPSA) is 72.8 Å². The number of rotatable bonds is 62. The van der Waals surface area contributed by atoms with Gasteiger partial charge in [0.05, 0.1) is 6.61 Å². The first-order valence-electron chi connectivity index (χ1n) is 34.1. The number of unbranched alkanes of at least 4 members (excludes halogenated alkanes) is 34. The molecular formula is C75H128O5. The average molecular weight is 1110 g/mol. The van der Waals surface area contributed by atoms with E-state index in [2.05, 4.69) is 135 Å². The molecule has 0 aliphatic heterocycles. The summed E-state index contributed by atoms with van der Waals surface area (Å²) < 4.78 is 10.7. The molecule has 0 saturated carbocycles. The highest BCUT2D eigenvalue weighted by Crippen LogP contribution is 2.18. The molecule has 0 radical (unpaired) electrons. The molecule has 1 atom stereocenters. The van der Waals surface area contributed by atoms with Crippen LogP contribution in [0.2, 0.25) is 0 Å². The second-order valence-electron chi connectivity index (χ2n) is 22.5. The molecule has 5 heteroatoms. The van der Waals surface area contributed by atoms with Gasteiger partial charge in [-0.25, -0.2) is 0 Å². The summed E-state index contributed by atoms with van der Waals surface area (Å²) in [7, 11) is 0. The highest BCUT2D eigenvalue weighted by Gasteiger charge is 2.16. The van der Waals surface area contributed by atoms with Crippen molar-refractivity contribution in [1.29, 1.82) is 0 Å². The third kappa shape index (κ3) is 66.8. The molecule has 0 heterocycles. The van der Waals surface area contributed by atoms with E-state index in [1.807, 2.05) is 0 Å². The van der Waals surface area contributed by atoms with E-state index in [0.29, 0.717) is 12.8 Å². The molecule has 1 unspecified atom stereocenters. The van der Waals surface area contributed by atoms with Crippen LogP contribution >= 0.6 is 0 Å². The van der Waals surface area contributed by atoms with Gasteiger partial charge in [-0.05, 0) is 89.9 Å². The number of aliphatic hydroxyl groups is 1. The molecule has 458 valence electrons. The highest BCUT2D eigenvalue weighted by molar-refractivity contribution is 5.70. The molecule has 0 spiro atoms. The van der Waals surface area contributed by atoms with Gasteiger partial charge in [0.1, 0.15) is 6.61 Å². The van der Waals surface area contributed by atoms with E-state index >= 15 is 0 Å². The van der Waals surface area contributed by atoms with Crippen molar-refractivity contribution >= 4 is 11.9 Å². The lowest BCUT2D eigenvalue weighted by atomic mass is 10.0. The molecule has 0 aliphatic carbocycles. The summed E-state index contributed by atoms with van der Waals surface area (Å²) >= 11 is 0. The highest BCUT2D eigenvalue weighted by atomic mass is 16.6. The number of ether oxygens (including phenoxy) is 2. The van der Waals surface area contributed by atoms with Gasteiger partial charge in [0.2, 0.25) is 0 Å². The summed E-state index contributed by atoms with van der Waals surface area (Å²) in [6, 6.07) is 0. The molecular weight excluding hydrogens is 981 g/mol. The maximum absolute atomic E-state index is 12.4. The number of hydrogen-bond acceptors (Lipinski definition) is 5. The number of aliphatic hydroxyl groups excluding tert-OH is 1. The number of esters is 2. The van der Waals surface area contributed by atoms with Crippen molar-refractivity contribution in [3.8, 4) is 0 Å². The van der Waals surface area contributed by atoms with E-state index in [0.717, 1.165) is 109 Å². The summed E-state index contributed by atoms with van der Waals surface area (Å²) in [6.07, 6.45) is 102. The molecule has 0 rings (SSSR count). The van der Waals surface area contributed by atoms with Crippen LogP contribution in [0.1, 0.15) is 322 Å². The standard InChI is InChI=1S/C75H128O5/c1-3-5-7-9-11-13-15-17-19-21-23-25-27-29-31-33-34-35-36-37-38-39-40-42-44-46-48-50-52-54-56-58-60-62-64-66-68-70-75(78)80-73(71-76)72-79-74(77)69-67-65-63-61-59-57-55-53-51-49-47-45-43-41-32-30-28-26-24-22-20-18-16-14-12-10-8-6-4-2/h5,7,11,13,17,19,23,25,29,31,34-35,37-38,40,42,46,48,52,54,73,76H,3-4,6,8-10,12,14-16,18,20-22,24,26-28,30,32-33,36,39,41,43-45,47,49-51,53,55-72H2,1-2H3/b7-5-,13-11-,19-17-,25-23-,31-29-,35-34-,38-37-,42-40-,48-46-,54-52-. The molecule has 0 bridgehead atoms. The molecule has 1 N–H and O–H groups in total. The summed E-state index contributed by atoms with van der Waals surface area (Å²) in [5.41, 5.74) is 0. The summed E-state index contributed by atoms with van der Waals surface area (Å²) in [5.74, 6) is -0.601. The minimum Gasteiger partial charge on any atom is -0.462 e. The first-order valence-corrected chi connectivity index (χ1v) is 34.1. The fourth-order valence-electron chi connectivity index (χ4n) is 9.70. The van der Waals surface area contributed by atoms with E-state index < -0.39 is 6.10 Å². The second-order valence-corrected chi connectivity index (χ2v) is 22.5. The van der Waals surface area contributed by atoms with Crippen LogP contribution < -0.4 is 0 Å². The fraction of sp³-hybridized carbons (Fsp3) is 0.707. The van der Waals surface area contributed by atoms with Gasteiger partial charge in [0, 0.05) is 12.8 Å². The van der Waals surface area contributed by atoms with Gasteiger partial charge in [0.25, 0.3) is 0 Å². The van der Waals surface area contributed by atoms with Crippen LogP contribution in [-0.2, 0) is 19.1 Å². The largest absolute Gasteiger partial charge is 0.462 e. The van der Waals surface area contributed by atoms with Crippen LogP contribution in [0, 0.1) is 0 Å². The molecule has 0 aromatic rings. The predicted molar refractivity (Wildman–Crippen MR) is 352 cm³/mol. The van der Waals surface area contributed by atoms with E-state index in [9.17, 15) is 14.7 Å². The SMILES string of the molecule is CC/C=C\C/C=C\C/C=C\C/C=C\C/C=C\C/C=C\C/C=C\C/C=C\C/C=C\C/C=C\CCCCCCCCC(=O)OC(CO)COC(=O)CCCCCCCCCCCCCCCCCCCCCCCCCCCCCCC. The Kier molecular flexibility index (Phi) is 66.4. The molecule has 80 heavy (non-hydrogen) atoms. The molecule has 0 aliphatic rings. The summed E-state index contributed by atoms with van der Waals surface area (Å²) in [4.78, 5) is 24.6. The van der Waals surface area contributed by atoms with Gasteiger partial charge in [-0.2, -0.15) is 0 Å². The zero-order valence-corrected chi connectivity index (χ0v) is 52.6. The summed E-state index contributed by atoms with van der Waals surface area (Å²) in [6.45, 7) is 4.05. The van der Waals surface area contributed by atoms with Crippen LogP contribution in [0.3, 0.4) is 0 Å². The van der Waals surface area contributed by atoms with Crippen molar-refractivity contribution in [3.63, 3.8) is 0 Å². The van der Waals surface area contributed by atoms with Crippen molar-refractivity contribution < 1.29 is 24.2 Å². The van der Waals surface area contributed by atoms with Gasteiger partial charge in [-0.1, -0.05) is 341 Å². The second kappa shape index (κ2) is 69.6. The lowest BCUT2D eigenvalue weighted by Crippen LogP contribution is -2.28. The van der Waals surface area contributed by atoms with E-state index in [1.165, 1.54) is 186 Å². The quantitative estimate of drug-likeness (QED) is 0.0373. The Morgan fingerprint density at radius 2 is 0.537 bits per heavy atom. The minimum absolute atomic E-state index is 0.0749. The third-order valence-corrected chi connectivity index (χ3v) is 14.8. The van der Waals surface area contributed by atoms with Crippen LogP contribution in [0.25, 0.3) is 0 Å². The smallest absolute Gasteiger partial charge is 0.306 e. The van der Waals surface area contributed by atoms with Gasteiger partial charge >= 0.3 is 11.9 Å². The maximum atomic E-state index is 12.4. The Morgan fingerprint density at radius 1 is 0.300 bits per heavy atom. The molecule has 0 aromatic heterocycles. The van der Waals surface area contributed by atoms with Gasteiger partial charge in [-0.15, -0.1) is 0 Å². The lowest BCUT2D eigenvalue weighted by Gasteiger charge is -2.15. The summed E-state index contributed by atoms with van der Waals surface area (Å²) in [5, 5.41) is 9.69. The lowest BCUT2D eigenvalue weighted by molar-refractivity contribution is -0.161.